The van der Waals surface area contributed by atoms with E-state index in [0.717, 1.165) is 6.07 Å². The van der Waals surface area contributed by atoms with E-state index in [4.69, 9.17) is 10.8 Å². The van der Waals surface area contributed by atoms with Crippen LogP contribution in [0.2, 0.25) is 0 Å². The van der Waals surface area contributed by atoms with Crippen molar-refractivity contribution in [2.24, 2.45) is 0 Å². The van der Waals surface area contributed by atoms with Crippen LogP contribution in [0.3, 0.4) is 0 Å². The van der Waals surface area contributed by atoms with Crippen LogP contribution in [0, 0.1) is 12.7 Å². The van der Waals surface area contributed by atoms with E-state index in [0.29, 0.717) is 12.8 Å². The Bertz CT molecular complexity index is 545. The van der Waals surface area contributed by atoms with Crippen molar-refractivity contribution >= 4 is 15.7 Å². The minimum Gasteiger partial charge on any atom is -0.396 e. The Labute approximate surface area is 105 Å². The highest BCUT2D eigenvalue weighted by Gasteiger charge is 2.31. The lowest BCUT2D eigenvalue weighted by atomic mass is 9.91. The molecule has 0 heterocycles. The van der Waals surface area contributed by atoms with Gasteiger partial charge in [-0.05, 0) is 37.5 Å². The SMILES string of the molecule is Cc1cc(S(=O)(=O)NC2CC(O)C2)cc(N)c1F. The highest BCUT2D eigenvalue weighted by atomic mass is 32.2. The van der Waals surface area contributed by atoms with Crippen LogP contribution in [-0.4, -0.2) is 25.7 Å². The minimum absolute atomic E-state index is 0.0553. The predicted molar refractivity (Wildman–Crippen MR) is 64.9 cm³/mol. The normalized spacial score (nSPS) is 23.7. The maximum absolute atomic E-state index is 13.3. The van der Waals surface area contributed by atoms with E-state index in [-0.39, 0.29) is 22.2 Å². The molecule has 0 aromatic heterocycles. The van der Waals surface area contributed by atoms with Crippen LogP contribution in [-0.2, 0) is 10.0 Å². The molecular formula is C11H15FN2O3S. The average Bonchev–Trinajstić information content (AvgIpc) is 2.22. The molecule has 1 aliphatic rings. The topological polar surface area (TPSA) is 92.4 Å². The van der Waals surface area contributed by atoms with Gasteiger partial charge in [-0.15, -0.1) is 0 Å². The maximum atomic E-state index is 13.3. The molecule has 100 valence electrons. The van der Waals surface area contributed by atoms with E-state index < -0.39 is 21.9 Å². The van der Waals surface area contributed by atoms with Crippen LogP contribution in [0.1, 0.15) is 18.4 Å². The molecule has 1 aromatic carbocycles. The third-order valence-corrected chi connectivity index (χ3v) is 4.50. The molecular weight excluding hydrogens is 259 g/mol. The molecule has 0 bridgehead atoms. The number of aliphatic hydroxyl groups is 1. The van der Waals surface area contributed by atoms with Gasteiger partial charge >= 0.3 is 0 Å². The fourth-order valence-electron chi connectivity index (χ4n) is 1.89. The van der Waals surface area contributed by atoms with Crippen molar-refractivity contribution in [3.8, 4) is 0 Å². The van der Waals surface area contributed by atoms with E-state index in [1.54, 1.807) is 0 Å². The van der Waals surface area contributed by atoms with Gasteiger partial charge in [0.05, 0.1) is 16.7 Å². The molecule has 0 unspecified atom stereocenters. The summed E-state index contributed by atoms with van der Waals surface area (Å²) in [5.74, 6) is -0.604. The Hall–Kier alpha value is -1.18. The number of hydrogen-bond donors (Lipinski definition) is 3. The number of hydrogen-bond acceptors (Lipinski definition) is 4. The molecule has 0 radical (unpaired) electrons. The van der Waals surface area contributed by atoms with Crippen molar-refractivity contribution in [3.05, 3.63) is 23.5 Å². The summed E-state index contributed by atoms with van der Waals surface area (Å²) in [6.07, 6.45) is 0.349. The second kappa shape index (κ2) is 4.49. The zero-order chi connectivity index (χ0) is 13.5. The van der Waals surface area contributed by atoms with Gasteiger partial charge in [0.15, 0.2) is 0 Å². The maximum Gasteiger partial charge on any atom is 0.240 e. The molecule has 1 aliphatic carbocycles. The highest BCUT2D eigenvalue weighted by Crippen LogP contribution is 2.24. The summed E-state index contributed by atoms with van der Waals surface area (Å²) in [6, 6.07) is 2.07. The lowest BCUT2D eigenvalue weighted by Gasteiger charge is -2.31. The van der Waals surface area contributed by atoms with E-state index in [9.17, 15) is 12.8 Å². The fraction of sp³-hybridized carbons (Fsp3) is 0.455. The number of nitrogens with two attached hydrogens (primary N) is 1. The third kappa shape index (κ3) is 2.47. The molecule has 2 rings (SSSR count). The monoisotopic (exact) mass is 274 g/mol. The number of benzene rings is 1. The lowest BCUT2D eigenvalue weighted by Crippen LogP contribution is -2.46. The second-order valence-electron chi connectivity index (χ2n) is 4.59. The molecule has 0 spiro atoms. The van der Waals surface area contributed by atoms with Crippen molar-refractivity contribution < 1.29 is 17.9 Å². The Morgan fingerprint density at radius 1 is 1.44 bits per heavy atom. The van der Waals surface area contributed by atoms with E-state index in [2.05, 4.69) is 4.72 Å². The Balaban J connectivity index is 2.24. The van der Waals surface area contributed by atoms with Gasteiger partial charge in [0, 0.05) is 6.04 Å². The van der Waals surface area contributed by atoms with Gasteiger partial charge in [0.1, 0.15) is 5.82 Å². The van der Waals surface area contributed by atoms with Gasteiger partial charge in [0.2, 0.25) is 10.0 Å². The fourth-order valence-corrected chi connectivity index (χ4v) is 3.27. The summed E-state index contributed by atoms with van der Waals surface area (Å²) >= 11 is 0. The van der Waals surface area contributed by atoms with Crippen LogP contribution in [0.5, 0.6) is 0 Å². The summed E-state index contributed by atoms with van der Waals surface area (Å²) in [5, 5.41) is 9.11. The van der Waals surface area contributed by atoms with Crippen LogP contribution in [0.4, 0.5) is 10.1 Å². The van der Waals surface area contributed by atoms with Gasteiger partial charge in [-0.25, -0.2) is 17.5 Å². The first-order chi connectivity index (χ1) is 8.29. The van der Waals surface area contributed by atoms with Crippen molar-refractivity contribution in [1.29, 1.82) is 0 Å². The minimum atomic E-state index is -3.71. The van der Waals surface area contributed by atoms with Crippen LogP contribution in [0.15, 0.2) is 17.0 Å². The number of sulfonamides is 1. The average molecular weight is 274 g/mol. The predicted octanol–water partition coefficient (Wildman–Crippen LogP) is 0.518. The molecule has 0 saturated heterocycles. The molecule has 0 atom stereocenters. The summed E-state index contributed by atoms with van der Waals surface area (Å²) in [5.41, 5.74) is 5.40. The van der Waals surface area contributed by atoms with Gasteiger partial charge in [-0.3, -0.25) is 0 Å². The largest absolute Gasteiger partial charge is 0.396 e. The van der Waals surface area contributed by atoms with Gasteiger partial charge in [-0.2, -0.15) is 0 Å². The molecule has 18 heavy (non-hydrogen) atoms. The van der Waals surface area contributed by atoms with Gasteiger partial charge < -0.3 is 10.8 Å². The lowest BCUT2D eigenvalue weighted by molar-refractivity contribution is 0.0712. The zero-order valence-corrected chi connectivity index (χ0v) is 10.7. The number of nitrogens with one attached hydrogen (secondary N) is 1. The van der Waals surface area contributed by atoms with E-state index in [1.807, 2.05) is 0 Å². The molecule has 1 fully saturated rings. The first-order valence-electron chi connectivity index (χ1n) is 5.55. The van der Waals surface area contributed by atoms with Crippen molar-refractivity contribution in [2.75, 3.05) is 5.73 Å². The van der Waals surface area contributed by atoms with Crippen LogP contribution >= 0.6 is 0 Å². The number of anilines is 1. The molecule has 4 N–H and O–H groups in total. The summed E-state index contributed by atoms with van der Waals surface area (Å²) in [4.78, 5) is -0.0553. The molecule has 1 aromatic rings. The molecule has 0 aliphatic heterocycles. The molecule has 1 saturated carbocycles. The number of nitrogen functional groups attached to an aromatic ring is 1. The summed E-state index contributed by atoms with van der Waals surface area (Å²) in [6.45, 7) is 1.46. The first-order valence-corrected chi connectivity index (χ1v) is 7.04. The third-order valence-electron chi connectivity index (χ3n) is 3.00. The van der Waals surface area contributed by atoms with Gasteiger partial charge in [0.25, 0.3) is 0 Å². The highest BCUT2D eigenvalue weighted by molar-refractivity contribution is 7.89. The van der Waals surface area contributed by atoms with Gasteiger partial charge in [-0.1, -0.05) is 0 Å². The second-order valence-corrected chi connectivity index (χ2v) is 6.30. The number of halogens is 1. The summed E-state index contributed by atoms with van der Waals surface area (Å²) < 4.78 is 39.7. The summed E-state index contributed by atoms with van der Waals surface area (Å²) in [7, 11) is -3.71. The Morgan fingerprint density at radius 2 is 2.06 bits per heavy atom. The van der Waals surface area contributed by atoms with Crippen molar-refractivity contribution in [1.82, 2.24) is 4.72 Å². The smallest absolute Gasteiger partial charge is 0.240 e. The molecule has 0 amide bonds. The van der Waals surface area contributed by atoms with Crippen LogP contribution in [0.25, 0.3) is 0 Å². The Kier molecular flexibility index (Phi) is 3.31. The molecule has 5 nitrogen and oxygen atoms in total. The van der Waals surface area contributed by atoms with E-state index >= 15 is 0 Å². The number of aryl methyl sites for hydroxylation is 1. The Morgan fingerprint density at radius 3 is 2.56 bits per heavy atom. The van der Waals surface area contributed by atoms with E-state index in [1.165, 1.54) is 13.0 Å². The first kappa shape index (κ1) is 13.3. The quantitative estimate of drug-likeness (QED) is 0.701. The van der Waals surface area contributed by atoms with Crippen molar-refractivity contribution in [2.45, 2.75) is 36.8 Å². The standard InChI is InChI=1S/C11H15FN2O3S/c1-6-2-9(5-10(13)11(6)12)18(16,17)14-7-3-8(15)4-7/h2,5,7-8,14-15H,3-4,13H2,1H3. The van der Waals surface area contributed by atoms with Crippen LogP contribution < -0.4 is 10.5 Å². The zero-order valence-electron chi connectivity index (χ0n) is 9.85. The van der Waals surface area contributed by atoms with Crippen molar-refractivity contribution in [3.63, 3.8) is 0 Å². The molecule has 7 heteroatoms. The number of aliphatic hydroxyl groups excluding tert-OH is 1. The number of rotatable bonds is 3.